The van der Waals surface area contributed by atoms with Gasteiger partial charge in [0.2, 0.25) is 0 Å². The Balaban J connectivity index is 2.39. The summed E-state index contributed by atoms with van der Waals surface area (Å²) in [5.74, 6) is 1.08. The summed E-state index contributed by atoms with van der Waals surface area (Å²) in [4.78, 5) is 0. The van der Waals surface area contributed by atoms with Gasteiger partial charge < -0.3 is 5.32 Å². The summed E-state index contributed by atoms with van der Waals surface area (Å²) in [6, 6.07) is 0.574. The largest absolute Gasteiger partial charge is 0.309 e. The average Bonchev–Trinajstić information content (AvgIpc) is 2.46. The highest BCUT2D eigenvalue weighted by Gasteiger charge is 2.27. The van der Waals surface area contributed by atoms with Crippen molar-refractivity contribution in [3.63, 3.8) is 0 Å². The van der Waals surface area contributed by atoms with Crippen LogP contribution in [0.5, 0.6) is 0 Å². The molecule has 0 unspecified atom stereocenters. The Hall–Kier alpha value is -0.0900. The standard InChI is InChI=1S/C12H25NO2S/c1-10-5-6-11(9-10)13-12(2,3)7-8-16(4,14)15/h10-11,13H,5-9H2,1-4H3/t10-,11-/m1/s1. The molecule has 1 saturated carbocycles. The molecule has 1 aliphatic rings. The fraction of sp³-hybridized carbons (Fsp3) is 1.00. The number of hydrogen-bond acceptors (Lipinski definition) is 3. The van der Waals surface area contributed by atoms with Gasteiger partial charge in [0, 0.05) is 17.8 Å². The molecule has 96 valence electrons. The minimum Gasteiger partial charge on any atom is -0.309 e. The lowest BCUT2D eigenvalue weighted by Crippen LogP contribution is -2.46. The van der Waals surface area contributed by atoms with Crippen molar-refractivity contribution in [1.82, 2.24) is 5.32 Å². The molecule has 0 aliphatic heterocycles. The van der Waals surface area contributed by atoms with Crippen molar-refractivity contribution < 1.29 is 8.42 Å². The third-order valence-electron chi connectivity index (χ3n) is 3.39. The van der Waals surface area contributed by atoms with Gasteiger partial charge in [-0.05, 0) is 45.4 Å². The van der Waals surface area contributed by atoms with E-state index in [1.165, 1.54) is 25.5 Å². The molecule has 16 heavy (non-hydrogen) atoms. The summed E-state index contributed by atoms with van der Waals surface area (Å²) in [7, 11) is -2.84. The van der Waals surface area contributed by atoms with Crippen LogP contribution in [0.3, 0.4) is 0 Å². The highest BCUT2D eigenvalue weighted by atomic mass is 32.2. The highest BCUT2D eigenvalue weighted by molar-refractivity contribution is 7.90. The van der Waals surface area contributed by atoms with Gasteiger partial charge in [0.15, 0.2) is 0 Å². The van der Waals surface area contributed by atoms with Crippen LogP contribution in [0, 0.1) is 5.92 Å². The Morgan fingerprint density at radius 3 is 2.38 bits per heavy atom. The number of hydrogen-bond donors (Lipinski definition) is 1. The van der Waals surface area contributed by atoms with Gasteiger partial charge in [-0.25, -0.2) is 8.42 Å². The summed E-state index contributed by atoms with van der Waals surface area (Å²) in [6.07, 6.45) is 5.74. The van der Waals surface area contributed by atoms with Crippen LogP contribution in [0.2, 0.25) is 0 Å². The van der Waals surface area contributed by atoms with Crippen molar-refractivity contribution in [2.45, 2.75) is 58.0 Å². The van der Waals surface area contributed by atoms with Gasteiger partial charge in [-0.2, -0.15) is 0 Å². The zero-order valence-electron chi connectivity index (χ0n) is 10.9. The molecule has 0 aromatic carbocycles. The molecule has 4 heteroatoms. The third-order valence-corrected chi connectivity index (χ3v) is 4.33. The van der Waals surface area contributed by atoms with Crippen LogP contribution < -0.4 is 5.32 Å². The van der Waals surface area contributed by atoms with E-state index in [1.54, 1.807) is 0 Å². The fourth-order valence-electron chi connectivity index (χ4n) is 2.40. The molecular weight excluding hydrogens is 222 g/mol. The maximum Gasteiger partial charge on any atom is 0.147 e. The molecule has 2 atom stereocenters. The van der Waals surface area contributed by atoms with E-state index >= 15 is 0 Å². The summed E-state index contributed by atoms with van der Waals surface area (Å²) in [5.41, 5.74) is -0.0716. The molecule has 0 amide bonds. The zero-order valence-corrected chi connectivity index (χ0v) is 11.7. The van der Waals surface area contributed by atoms with Crippen LogP contribution in [0.25, 0.3) is 0 Å². The predicted molar refractivity (Wildman–Crippen MR) is 68.3 cm³/mol. The van der Waals surface area contributed by atoms with E-state index < -0.39 is 9.84 Å². The Morgan fingerprint density at radius 1 is 1.31 bits per heavy atom. The smallest absolute Gasteiger partial charge is 0.147 e. The van der Waals surface area contributed by atoms with Gasteiger partial charge >= 0.3 is 0 Å². The molecule has 0 bridgehead atoms. The molecule has 0 aromatic heterocycles. The van der Waals surface area contributed by atoms with Gasteiger partial charge in [0.25, 0.3) is 0 Å². The second kappa shape index (κ2) is 5.05. The number of nitrogens with one attached hydrogen (secondary N) is 1. The number of sulfone groups is 1. The molecule has 3 nitrogen and oxygen atoms in total. The van der Waals surface area contributed by atoms with Crippen molar-refractivity contribution in [2.24, 2.45) is 5.92 Å². The first-order valence-corrected chi connectivity index (χ1v) is 8.19. The quantitative estimate of drug-likeness (QED) is 0.808. The van der Waals surface area contributed by atoms with Gasteiger partial charge in [-0.1, -0.05) is 6.92 Å². The first kappa shape index (κ1) is 14.0. The van der Waals surface area contributed by atoms with E-state index in [-0.39, 0.29) is 11.3 Å². The van der Waals surface area contributed by atoms with Gasteiger partial charge in [0.1, 0.15) is 9.84 Å². The molecule has 0 radical (unpaired) electrons. The van der Waals surface area contributed by atoms with Crippen LogP contribution in [0.1, 0.15) is 46.5 Å². The van der Waals surface area contributed by atoms with Crippen molar-refractivity contribution >= 4 is 9.84 Å². The normalized spacial score (nSPS) is 27.2. The predicted octanol–water partition coefficient (Wildman–Crippen LogP) is 1.98. The topological polar surface area (TPSA) is 46.2 Å². The molecule has 0 spiro atoms. The van der Waals surface area contributed by atoms with Crippen molar-refractivity contribution in [3.05, 3.63) is 0 Å². The second-order valence-electron chi connectivity index (χ2n) is 6.02. The summed E-state index contributed by atoms with van der Waals surface area (Å²) in [6.45, 7) is 6.48. The molecule has 0 saturated heterocycles. The van der Waals surface area contributed by atoms with Crippen LogP contribution >= 0.6 is 0 Å². The molecule has 0 heterocycles. The first-order chi connectivity index (χ1) is 7.18. The van der Waals surface area contributed by atoms with E-state index in [1.807, 2.05) is 0 Å². The Labute approximate surface area is 99.9 Å². The Bertz CT molecular complexity index is 322. The molecule has 1 aliphatic carbocycles. The van der Waals surface area contributed by atoms with Crippen LogP contribution in [-0.4, -0.2) is 32.0 Å². The van der Waals surface area contributed by atoms with E-state index in [0.29, 0.717) is 12.5 Å². The minimum absolute atomic E-state index is 0.0716. The van der Waals surface area contributed by atoms with E-state index in [0.717, 1.165) is 5.92 Å². The van der Waals surface area contributed by atoms with Gasteiger partial charge in [0.05, 0.1) is 5.75 Å². The molecule has 1 rings (SSSR count). The van der Waals surface area contributed by atoms with Gasteiger partial charge in [-0.15, -0.1) is 0 Å². The van der Waals surface area contributed by atoms with E-state index in [4.69, 9.17) is 0 Å². The molecule has 1 fully saturated rings. The van der Waals surface area contributed by atoms with Crippen LogP contribution in [0.15, 0.2) is 0 Å². The Morgan fingerprint density at radius 2 is 1.94 bits per heavy atom. The van der Waals surface area contributed by atoms with E-state index in [2.05, 4.69) is 26.1 Å². The van der Waals surface area contributed by atoms with Crippen LogP contribution in [0.4, 0.5) is 0 Å². The fourth-order valence-corrected chi connectivity index (χ4v) is 3.28. The average molecular weight is 247 g/mol. The number of rotatable bonds is 5. The maximum atomic E-state index is 11.1. The maximum absolute atomic E-state index is 11.1. The van der Waals surface area contributed by atoms with E-state index in [9.17, 15) is 8.42 Å². The monoisotopic (exact) mass is 247 g/mol. The first-order valence-electron chi connectivity index (χ1n) is 6.13. The lowest BCUT2D eigenvalue weighted by molar-refractivity contribution is 0.322. The van der Waals surface area contributed by atoms with Gasteiger partial charge in [-0.3, -0.25) is 0 Å². The summed E-state index contributed by atoms with van der Waals surface area (Å²) in [5, 5.41) is 3.59. The Kier molecular flexibility index (Phi) is 4.41. The molecular formula is C12H25NO2S. The lowest BCUT2D eigenvalue weighted by atomic mass is 9.99. The van der Waals surface area contributed by atoms with Crippen LogP contribution in [-0.2, 0) is 9.84 Å². The molecule has 0 aromatic rings. The lowest BCUT2D eigenvalue weighted by Gasteiger charge is -2.30. The summed E-state index contributed by atoms with van der Waals surface area (Å²) >= 11 is 0. The SMILES string of the molecule is C[C@@H]1CC[C@@H](NC(C)(C)CCS(C)(=O)=O)C1. The van der Waals surface area contributed by atoms with Crippen molar-refractivity contribution in [2.75, 3.05) is 12.0 Å². The highest BCUT2D eigenvalue weighted by Crippen LogP contribution is 2.26. The van der Waals surface area contributed by atoms with Crippen molar-refractivity contribution in [1.29, 1.82) is 0 Å². The zero-order chi connectivity index (χ0) is 12.4. The molecule has 1 N–H and O–H groups in total. The minimum atomic E-state index is -2.84. The summed E-state index contributed by atoms with van der Waals surface area (Å²) < 4.78 is 22.3. The second-order valence-corrected chi connectivity index (χ2v) is 8.28. The third kappa shape index (κ3) is 5.30. The van der Waals surface area contributed by atoms with Crippen molar-refractivity contribution in [3.8, 4) is 0 Å².